The van der Waals surface area contributed by atoms with Crippen LogP contribution in [0.25, 0.3) is 0 Å². The summed E-state index contributed by atoms with van der Waals surface area (Å²) in [5, 5.41) is 9.36. The highest BCUT2D eigenvalue weighted by atomic mass is 16.5. The predicted octanol–water partition coefficient (Wildman–Crippen LogP) is -1.95. The first-order chi connectivity index (χ1) is 9.75. The number of nitrogens with one attached hydrogen (secondary N) is 3. The van der Waals surface area contributed by atoms with Crippen molar-refractivity contribution >= 4 is 11.8 Å². The molecule has 3 aliphatic rings. The number of morpholine rings is 1. The number of amides is 2. The minimum absolute atomic E-state index is 0.00329. The third-order valence-electron chi connectivity index (χ3n) is 3.98. The Morgan fingerprint density at radius 2 is 2.10 bits per heavy atom. The highest BCUT2D eigenvalue weighted by Gasteiger charge is 2.38. The Morgan fingerprint density at radius 3 is 2.80 bits per heavy atom. The summed E-state index contributed by atoms with van der Waals surface area (Å²) in [5.74, 6) is -0.0826. The Labute approximate surface area is 118 Å². The Kier molecular flexibility index (Phi) is 4.18. The summed E-state index contributed by atoms with van der Waals surface area (Å²) >= 11 is 0. The molecular weight excluding hydrogens is 260 g/mol. The van der Waals surface area contributed by atoms with Gasteiger partial charge in [-0.05, 0) is 12.8 Å². The number of hydrogen-bond donors (Lipinski definition) is 3. The van der Waals surface area contributed by atoms with Gasteiger partial charge in [0.05, 0.1) is 19.3 Å². The summed E-state index contributed by atoms with van der Waals surface area (Å²) in [6, 6.07) is -0.422. The van der Waals surface area contributed by atoms with Crippen LogP contribution in [0, 0.1) is 0 Å². The Bertz CT molecular complexity index is 380. The third kappa shape index (κ3) is 3.11. The zero-order valence-corrected chi connectivity index (χ0v) is 11.6. The van der Waals surface area contributed by atoms with Crippen molar-refractivity contribution in [1.29, 1.82) is 0 Å². The fourth-order valence-corrected chi connectivity index (χ4v) is 2.64. The molecule has 2 saturated heterocycles. The van der Waals surface area contributed by atoms with Crippen molar-refractivity contribution in [3.63, 3.8) is 0 Å². The first kappa shape index (κ1) is 13.8. The molecule has 0 aromatic carbocycles. The van der Waals surface area contributed by atoms with E-state index in [0.29, 0.717) is 32.3 Å². The Hall–Kier alpha value is -1.18. The predicted molar refractivity (Wildman–Crippen MR) is 72.1 cm³/mol. The maximum atomic E-state index is 12.6. The summed E-state index contributed by atoms with van der Waals surface area (Å²) in [6.07, 6.45) is 2.09. The number of carbonyl (C=O) groups is 2. The van der Waals surface area contributed by atoms with E-state index in [1.54, 1.807) is 4.90 Å². The van der Waals surface area contributed by atoms with Gasteiger partial charge < -0.3 is 25.6 Å². The van der Waals surface area contributed by atoms with Crippen LogP contribution in [0.5, 0.6) is 0 Å². The van der Waals surface area contributed by atoms with Gasteiger partial charge in [0, 0.05) is 32.2 Å². The van der Waals surface area contributed by atoms with E-state index >= 15 is 0 Å². The largest absolute Gasteiger partial charge is 0.377 e. The number of carbonyl (C=O) groups excluding carboxylic acids is 2. The van der Waals surface area contributed by atoms with Crippen molar-refractivity contribution in [2.45, 2.75) is 31.0 Å². The van der Waals surface area contributed by atoms with Crippen molar-refractivity contribution in [2.75, 3.05) is 39.4 Å². The summed E-state index contributed by atoms with van der Waals surface area (Å²) in [5.41, 5.74) is 0. The SMILES string of the molecule is O=C(NC1CC1)C1COCCN1C(=O)C1CNCCN1. The van der Waals surface area contributed by atoms with E-state index in [2.05, 4.69) is 16.0 Å². The van der Waals surface area contributed by atoms with E-state index in [4.69, 9.17) is 4.74 Å². The van der Waals surface area contributed by atoms with Crippen LogP contribution in [-0.4, -0.2) is 74.2 Å². The lowest BCUT2D eigenvalue weighted by Crippen LogP contribution is -2.63. The summed E-state index contributed by atoms with van der Waals surface area (Å²) in [4.78, 5) is 26.5. The van der Waals surface area contributed by atoms with Gasteiger partial charge in [-0.15, -0.1) is 0 Å². The van der Waals surface area contributed by atoms with Gasteiger partial charge >= 0.3 is 0 Å². The molecule has 2 aliphatic heterocycles. The number of hydrogen-bond acceptors (Lipinski definition) is 5. The Morgan fingerprint density at radius 1 is 1.25 bits per heavy atom. The molecule has 0 aromatic rings. The molecule has 2 heterocycles. The van der Waals surface area contributed by atoms with Gasteiger partial charge in [0.1, 0.15) is 6.04 Å². The minimum atomic E-state index is -0.486. The molecule has 0 spiro atoms. The van der Waals surface area contributed by atoms with Crippen molar-refractivity contribution in [3.8, 4) is 0 Å². The molecule has 7 heteroatoms. The molecule has 2 unspecified atom stereocenters. The zero-order chi connectivity index (χ0) is 13.9. The summed E-state index contributed by atoms with van der Waals surface area (Å²) in [6.45, 7) is 3.55. The van der Waals surface area contributed by atoms with Crippen LogP contribution in [-0.2, 0) is 14.3 Å². The van der Waals surface area contributed by atoms with Crippen LogP contribution >= 0.6 is 0 Å². The molecule has 7 nitrogen and oxygen atoms in total. The highest BCUT2D eigenvalue weighted by Crippen LogP contribution is 2.20. The van der Waals surface area contributed by atoms with Gasteiger partial charge in [-0.3, -0.25) is 9.59 Å². The average molecular weight is 282 g/mol. The van der Waals surface area contributed by atoms with E-state index in [9.17, 15) is 9.59 Å². The highest BCUT2D eigenvalue weighted by molar-refractivity contribution is 5.90. The Balaban J connectivity index is 1.63. The monoisotopic (exact) mass is 282 g/mol. The standard InChI is InChI=1S/C13H22N4O3/c18-12(16-9-1-2-9)11-8-20-6-5-17(11)13(19)10-7-14-3-4-15-10/h9-11,14-15H,1-8H2,(H,16,18). The van der Waals surface area contributed by atoms with Crippen LogP contribution < -0.4 is 16.0 Å². The van der Waals surface area contributed by atoms with E-state index in [1.165, 1.54) is 0 Å². The molecule has 0 radical (unpaired) electrons. The van der Waals surface area contributed by atoms with Crippen LogP contribution in [0.3, 0.4) is 0 Å². The fourth-order valence-electron chi connectivity index (χ4n) is 2.64. The topological polar surface area (TPSA) is 82.7 Å². The first-order valence-corrected chi connectivity index (χ1v) is 7.38. The molecule has 3 fully saturated rings. The van der Waals surface area contributed by atoms with E-state index in [1.807, 2.05) is 0 Å². The molecule has 2 atom stereocenters. The van der Waals surface area contributed by atoms with Gasteiger partial charge in [-0.1, -0.05) is 0 Å². The van der Waals surface area contributed by atoms with Crippen LogP contribution in [0.1, 0.15) is 12.8 Å². The molecule has 0 bridgehead atoms. The minimum Gasteiger partial charge on any atom is -0.377 e. The fraction of sp³-hybridized carbons (Fsp3) is 0.846. The van der Waals surface area contributed by atoms with Crippen molar-refractivity contribution < 1.29 is 14.3 Å². The van der Waals surface area contributed by atoms with Gasteiger partial charge in [-0.2, -0.15) is 0 Å². The second kappa shape index (κ2) is 6.07. The molecule has 2 amide bonds. The molecule has 1 saturated carbocycles. The maximum Gasteiger partial charge on any atom is 0.245 e. The number of ether oxygens (including phenoxy) is 1. The van der Waals surface area contributed by atoms with Crippen LogP contribution in [0.4, 0.5) is 0 Å². The molecule has 112 valence electrons. The van der Waals surface area contributed by atoms with Gasteiger partial charge in [0.25, 0.3) is 0 Å². The summed E-state index contributed by atoms with van der Waals surface area (Å²) in [7, 11) is 0. The lowest BCUT2D eigenvalue weighted by molar-refractivity contribution is -0.150. The number of nitrogens with zero attached hydrogens (tertiary/aromatic N) is 1. The van der Waals surface area contributed by atoms with Crippen molar-refractivity contribution in [3.05, 3.63) is 0 Å². The third-order valence-corrected chi connectivity index (χ3v) is 3.98. The van der Waals surface area contributed by atoms with E-state index < -0.39 is 6.04 Å². The van der Waals surface area contributed by atoms with E-state index in [0.717, 1.165) is 25.9 Å². The maximum absolute atomic E-state index is 12.6. The first-order valence-electron chi connectivity index (χ1n) is 7.38. The smallest absolute Gasteiger partial charge is 0.245 e. The molecule has 1 aliphatic carbocycles. The van der Waals surface area contributed by atoms with E-state index in [-0.39, 0.29) is 17.9 Å². The average Bonchev–Trinajstić information content (AvgIpc) is 3.31. The molecule has 20 heavy (non-hydrogen) atoms. The zero-order valence-electron chi connectivity index (χ0n) is 11.6. The lowest BCUT2D eigenvalue weighted by atomic mass is 10.1. The van der Waals surface area contributed by atoms with Gasteiger partial charge in [0.2, 0.25) is 11.8 Å². The number of piperazine rings is 1. The molecular formula is C13H22N4O3. The van der Waals surface area contributed by atoms with Crippen molar-refractivity contribution in [1.82, 2.24) is 20.9 Å². The molecule has 3 N–H and O–H groups in total. The molecule has 0 aromatic heterocycles. The lowest BCUT2D eigenvalue weighted by Gasteiger charge is -2.37. The van der Waals surface area contributed by atoms with Gasteiger partial charge in [0.15, 0.2) is 0 Å². The number of rotatable bonds is 3. The van der Waals surface area contributed by atoms with Gasteiger partial charge in [-0.25, -0.2) is 0 Å². The normalized spacial score (nSPS) is 30.9. The molecule has 3 rings (SSSR count). The quantitative estimate of drug-likeness (QED) is 0.561. The van der Waals surface area contributed by atoms with Crippen LogP contribution in [0.2, 0.25) is 0 Å². The van der Waals surface area contributed by atoms with Crippen molar-refractivity contribution in [2.24, 2.45) is 0 Å². The van der Waals surface area contributed by atoms with Crippen LogP contribution in [0.15, 0.2) is 0 Å². The second-order valence-electron chi connectivity index (χ2n) is 5.62. The summed E-state index contributed by atoms with van der Waals surface area (Å²) < 4.78 is 5.38. The second-order valence-corrected chi connectivity index (χ2v) is 5.62.